The van der Waals surface area contributed by atoms with E-state index in [0.717, 1.165) is 11.8 Å². The normalized spacial score (nSPS) is 25.9. The molecule has 1 fully saturated rings. The molecular weight excluding hydrogens is 168 g/mol. The Bertz CT molecular complexity index is 345. The van der Waals surface area contributed by atoms with E-state index in [0.29, 0.717) is 0 Å². The largest absolute Gasteiger partial charge is 0.0590 e. The molecule has 0 amide bonds. The maximum Gasteiger partial charge on any atom is 0.0124 e. The fraction of sp³-hybridized carbons (Fsp3) is 0.571. The standard InChI is InChI=1S/C14H18/c1-10-7-8-12-13(9-10)14(12)11-5-3-2-4-6-11/h7-9,11,14H,2-6H2,1H3/t14-/m1/s1. The number of rotatable bonds is 1. The van der Waals surface area contributed by atoms with Crippen LogP contribution in [0, 0.1) is 12.8 Å². The quantitative estimate of drug-likeness (QED) is 0.621. The monoisotopic (exact) mass is 186 g/mol. The fourth-order valence-electron chi connectivity index (χ4n) is 3.14. The highest BCUT2D eigenvalue weighted by molar-refractivity contribution is 5.54. The third-order valence-corrected chi connectivity index (χ3v) is 3.95. The van der Waals surface area contributed by atoms with Gasteiger partial charge in [-0.05, 0) is 36.8 Å². The van der Waals surface area contributed by atoms with Crippen LogP contribution in [0.3, 0.4) is 0 Å². The maximum atomic E-state index is 2.40. The third kappa shape index (κ3) is 1.28. The molecule has 0 spiro atoms. The van der Waals surface area contributed by atoms with Gasteiger partial charge in [0.2, 0.25) is 0 Å². The van der Waals surface area contributed by atoms with Crippen LogP contribution in [0.2, 0.25) is 0 Å². The number of aryl methyl sites for hydroxylation is 1. The molecule has 0 radical (unpaired) electrons. The second kappa shape index (κ2) is 3.12. The molecule has 3 rings (SSSR count). The molecule has 14 heavy (non-hydrogen) atoms. The fourth-order valence-corrected chi connectivity index (χ4v) is 3.14. The van der Waals surface area contributed by atoms with E-state index in [2.05, 4.69) is 25.1 Å². The van der Waals surface area contributed by atoms with Crippen molar-refractivity contribution in [2.75, 3.05) is 0 Å². The summed E-state index contributed by atoms with van der Waals surface area (Å²) in [4.78, 5) is 0. The predicted octanol–water partition coefficient (Wildman–Crippen LogP) is 4.02. The van der Waals surface area contributed by atoms with Gasteiger partial charge in [-0.25, -0.2) is 0 Å². The van der Waals surface area contributed by atoms with Gasteiger partial charge in [0.05, 0.1) is 0 Å². The summed E-state index contributed by atoms with van der Waals surface area (Å²) in [7, 11) is 0. The van der Waals surface area contributed by atoms with Gasteiger partial charge in [-0.15, -0.1) is 0 Å². The van der Waals surface area contributed by atoms with Gasteiger partial charge in [0.1, 0.15) is 0 Å². The minimum absolute atomic E-state index is 0.865. The Balaban J connectivity index is 1.78. The number of fused-ring (bicyclic) bond motifs is 1. The van der Waals surface area contributed by atoms with Crippen molar-refractivity contribution in [3.05, 3.63) is 34.9 Å². The van der Waals surface area contributed by atoms with Gasteiger partial charge in [-0.2, -0.15) is 0 Å². The minimum atomic E-state index is 0.865. The van der Waals surface area contributed by atoms with Crippen LogP contribution in [0.4, 0.5) is 0 Å². The zero-order valence-corrected chi connectivity index (χ0v) is 8.92. The minimum Gasteiger partial charge on any atom is -0.0590 e. The first kappa shape index (κ1) is 8.52. The van der Waals surface area contributed by atoms with E-state index in [4.69, 9.17) is 0 Å². The third-order valence-electron chi connectivity index (χ3n) is 3.95. The van der Waals surface area contributed by atoms with Crippen molar-refractivity contribution < 1.29 is 0 Å². The van der Waals surface area contributed by atoms with Crippen molar-refractivity contribution >= 4 is 0 Å². The van der Waals surface area contributed by atoms with Crippen LogP contribution in [-0.2, 0) is 0 Å². The molecule has 0 heterocycles. The van der Waals surface area contributed by atoms with Gasteiger partial charge in [-0.3, -0.25) is 0 Å². The van der Waals surface area contributed by atoms with Crippen molar-refractivity contribution in [2.45, 2.75) is 44.9 Å². The number of hydrogen-bond donors (Lipinski definition) is 0. The molecule has 1 atom stereocenters. The Kier molecular flexibility index (Phi) is 1.90. The Labute approximate surface area is 86.3 Å². The summed E-state index contributed by atoms with van der Waals surface area (Å²) >= 11 is 0. The van der Waals surface area contributed by atoms with Crippen LogP contribution >= 0.6 is 0 Å². The van der Waals surface area contributed by atoms with Crippen LogP contribution in [0.1, 0.15) is 54.7 Å². The second-order valence-corrected chi connectivity index (χ2v) is 5.01. The summed E-state index contributed by atoms with van der Waals surface area (Å²) < 4.78 is 0. The summed E-state index contributed by atoms with van der Waals surface area (Å²) in [5.74, 6) is 1.85. The van der Waals surface area contributed by atoms with Crippen LogP contribution in [0.5, 0.6) is 0 Å². The Hall–Kier alpha value is -0.780. The summed E-state index contributed by atoms with van der Waals surface area (Å²) in [5.41, 5.74) is 4.75. The molecule has 0 unspecified atom stereocenters. The number of benzene rings is 1. The molecule has 0 aliphatic heterocycles. The van der Waals surface area contributed by atoms with E-state index in [-0.39, 0.29) is 0 Å². The van der Waals surface area contributed by atoms with E-state index >= 15 is 0 Å². The molecule has 0 aromatic heterocycles. The van der Waals surface area contributed by atoms with Crippen molar-refractivity contribution in [1.82, 2.24) is 0 Å². The second-order valence-electron chi connectivity index (χ2n) is 5.01. The predicted molar refractivity (Wildman–Crippen MR) is 59.6 cm³/mol. The van der Waals surface area contributed by atoms with Gasteiger partial charge in [-0.1, -0.05) is 43.0 Å². The topological polar surface area (TPSA) is 0 Å². The first-order valence-electron chi connectivity index (χ1n) is 5.97. The summed E-state index contributed by atoms with van der Waals surface area (Å²) in [5, 5.41) is 0. The highest BCUT2D eigenvalue weighted by Crippen LogP contribution is 2.52. The van der Waals surface area contributed by atoms with Crippen molar-refractivity contribution in [3.63, 3.8) is 0 Å². The highest BCUT2D eigenvalue weighted by atomic mass is 14.4. The molecule has 2 aliphatic carbocycles. The van der Waals surface area contributed by atoms with Gasteiger partial charge in [0, 0.05) is 5.92 Å². The molecule has 1 aromatic rings. The zero-order chi connectivity index (χ0) is 9.54. The van der Waals surface area contributed by atoms with Crippen LogP contribution in [0.25, 0.3) is 0 Å². The zero-order valence-electron chi connectivity index (χ0n) is 8.92. The van der Waals surface area contributed by atoms with Gasteiger partial charge >= 0.3 is 0 Å². The summed E-state index contributed by atoms with van der Waals surface area (Å²) in [6.45, 7) is 2.20. The molecular formula is C14H18. The van der Waals surface area contributed by atoms with Crippen molar-refractivity contribution in [3.8, 4) is 0 Å². The lowest BCUT2D eigenvalue weighted by Crippen LogP contribution is -2.07. The van der Waals surface area contributed by atoms with Gasteiger partial charge < -0.3 is 0 Å². The SMILES string of the molecule is Cc1ccc2c(c1)[C@@H]2C1CCCCC1. The van der Waals surface area contributed by atoms with E-state index in [1.54, 1.807) is 11.1 Å². The smallest absolute Gasteiger partial charge is 0.0124 e. The Morgan fingerprint density at radius 1 is 1.00 bits per heavy atom. The highest BCUT2D eigenvalue weighted by Gasteiger charge is 2.38. The Morgan fingerprint density at radius 3 is 2.50 bits per heavy atom. The molecule has 0 bridgehead atoms. The molecule has 0 heteroatoms. The van der Waals surface area contributed by atoms with E-state index in [9.17, 15) is 0 Å². The van der Waals surface area contributed by atoms with E-state index in [1.807, 2.05) is 0 Å². The molecule has 0 nitrogen and oxygen atoms in total. The average molecular weight is 186 g/mol. The average Bonchev–Trinajstić information content (AvgIpc) is 2.92. The molecule has 2 aliphatic rings. The van der Waals surface area contributed by atoms with E-state index < -0.39 is 0 Å². The first-order chi connectivity index (χ1) is 6.86. The summed E-state index contributed by atoms with van der Waals surface area (Å²) in [6.07, 6.45) is 7.34. The van der Waals surface area contributed by atoms with Crippen molar-refractivity contribution in [1.29, 1.82) is 0 Å². The molecule has 74 valence electrons. The lowest BCUT2D eigenvalue weighted by atomic mass is 9.84. The lowest BCUT2D eigenvalue weighted by Gasteiger charge is -2.21. The van der Waals surface area contributed by atoms with Crippen LogP contribution < -0.4 is 0 Å². The first-order valence-corrected chi connectivity index (χ1v) is 5.97. The maximum absolute atomic E-state index is 2.40. The van der Waals surface area contributed by atoms with Gasteiger partial charge in [0.15, 0.2) is 0 Å². The lowest BCUT2D eigenvalue weighted by molar-refractivity contribution is 0.350. The summed E-state index contributed by atoms with van der Waals surface area (Å²) in [6, 6.07) is 7.01. The van der Waals surface area contributed by atoms with Crippen molar-refractivity contribution in [2.24, 2.45) is 5.92 Å². The number of hydrogen-bond acceptors (Lipinski definition) is 0. The van der Waals surface area contributed by atoms with Crippen LogP contribution in [0.15, 0.2) is 18.2 Å². The molecule has 1 saturated carbocycles. The molecule has 1 aromatic carbocycles. The van der Waals surface area contributed by atoms with Crippen LogP contribution in [-0.4, -0.2) is 0 Å². The van der Waals surface area contributed by atoms with Gasteiger partial charge in [0.25, 0.3) is 0 Å². The molecule has 0 saturated heterocycles. The Morgan fingerprint density at radius 2 is 1.79 bits per heavy atom. The molecule has 0 N–H and O–H groups in total. The van der Waals surface area contributed by atoms with E-state index in [1.165, 1.54) is 37.7 Å².